The van der Waals surface area contributed by atoms with E-state index in [0.29, 0.717) is 17.0 Å². The van der Waals surface area contributed by atoms with Crippen molar-refractivity contribution in [1.82, 2.24) is 20.6 Å². The monoisotopic (exact) mass is 422 g/mol. The second-order valence-corrected chi connectivity index (χ2v) is 7.42. The third-order valence-electron chi connectivity index (χ3n) is 5.48. The number of tetrazole rings is 1. The number of hydrogen-bond donors (Lipinski definition) is 1. The Morgan fingerprint density at radius 1 is 0.871 bits per heavy atom. The minimum atomic E-state index is -1.14. The Labute approximate surface area is 178 Å². The first-order valence-electron chi connectivity index (χ1n) is 9.95. The number of nitrogens with one attached hydrogen (secondary N) is 1. The Hall–Kier alpha value is -3.59. The van der Waals surface area contributed by atoms with Crippen LogP contribution in [0.5, 0.6) is 0 Å². The Balaban J connectivity index is 1.59. The lowest BCUT2D eigenvalue weighted by atomic mass is 9.83. The lowest BCUT2D eigenvalue weighted by Gasteiger charge is -2.42. The quantitative estimate of drug-likeness (QED) is 0.624. The molecule has 1 N–H and O–H groups in total. The number of esters is 2. The zero-order chi connectivity index (χ0) is 21.8. The van der Waals surface area contributed by atoms with E-state index in [2.05, 4.69) is 20.6 Å². The highest BCUT2D eigenvalue weighted by atomic mass is 16.7. The molecule has 3 aromatic rings. The summed E-state index contributed by atoms with van der Waals surface area (Å²) in [7, 11) is 0. The summed E-state index contributed by atoms with van der Waals surface area (Å²) in [5, 5.41) is 14.0. The molecular weight excluding hydrogens is 400 g/mol. The fraction of sp³-hybridized carbons (Fsp3) is 0.318. The van der Waals surface area contributed by atoms with Crippen LogP contribution in [0.3, 0.4) is 0 Å². The molecule has 1 aliphatic heterocycles. The highest BCUT2D eigenvalue weighted by Gasteiger charge is 2.47. The van der Waals surface area contributed by atoms with Crippen LogP contribution in [0.1, 0.15) is 46.5 Å². The Morgan fingerprint density at radius 3 is 2.00 bits per heavy atom. The van der Waals surface area contributed by atoms with Gasteiger partial charge in [0.25, 0.3) is 0 Å². The van der Waals surface area contributed by atoms with Gasteiger partial charge in [-0.25, -0.2) is 9.59 Å². The Bertz CT molecular complexity index is 1010. The minimum absolute atomic E-state index is 0.141. The fourth-order valence-electron chi connectivity index (χ4n) is 3.53. The summed E-state index contributed by atoms with van der Waals surface area (Å²) in [6.07, 6.45) is -2.55. The van der Waals surface area contributed by atoms with Crippen LogP contribution < -0.4 is 0 Å². The van der Waals surface area contributed by atoms with E-state index in [1.54, 1.807) is 54.6 Å². The third-order valence-corrected chi connectivity index (χ3v) is 5.48. The van der Waals surface area contributed by atoms with Crippen molar-refractivity contribution in [1.29, 1.82) is 0 Å². The van der Waals surface area contributed by atoms with Gasteiger partial charge in [-0.15, -0.1) is 10.2 Å². The molecule has 1 fully saturated rings. The lowest BCUT2D eigenvalue weighted by Crippen LogP contribution is -2.50. The van der Waals surface area contributed by atoms with Gasteiger partial charge in [0.05, 0.1) is 11.1 Å². The van der Waals surface area contributed by atoms with Crippen LogP contribution in [0.25, 0.3) is 0 Å². The maximum Gasteiger partial charge on any atom is 0.340 e. The van der Waals surface area contributed by atoms with Gasteiger partial charge in [0.1, 0.15) is 6.10 Å². The SMILES string of the molecule is C[C@@H]1C(c2nn[nH]n2)OC(OC(=O)c2ccccc2)C(OC(=O)c2ccccc2)[C@H]1C. The fourth-order valence-corrected chi connectivity index (χ4v) is 3.53. The van der Waals surface area contributed by atoms with E-state index in [0.717, 1.165) is 0 Å². The van der Waals surface area contributed by atoms with Gasteiger partial charge >= 0.3 is 11.9 Å². The van der Waals surface area contributed by atoms with Crippen molar-refractivity contribution in [3.63, 3.8) is 0 Å². The molecule has 1 saturated heterocycles. The maximum absolute atomic E-state index is 12.7. The highest BCUT2D eigenvalue weighted by Crippen LogP contribution is 2.40. The number of carbonyl (C=O) groups excluding carboxylic acids is 2. The van der Waals surface area contributed by atoms with Crippen molar-refractivity contribution in [3.8, 4) is 0 Å². The summed E-state index contributed by atoms with van der Waals surface area (Å²) < 4.78 is 17.5. The summed E-state index contributed by atoms with van der Waals surface area (Å²) in [6, 6.07) is 17.2. The molecular formula is C22H22N4O5. The van der Waals surface area contributed by atoms with Gasteiger partial charge in [0.15, 0.2) is 6.10 Å². The molecule has 31 heavy (non-hydrogen) atoms. The maximum atomic E-state index is 12.7. The van der Waals surface area contributed by atoms with Crippen LogP contribution in [-0.2, 0) is 14.2 Å². The Morgan fingerprint density at radius 2 is 1.45 bits per heavy atom. The topological polar surface area (TPSA) is 116 Å². The number of benzene rings is 2. The Kier molecular flexibility index (Phi) is 6.03. The molecule has 0 bridgehead atoms. The van der Waals surface area contributed by atoms with Gasteiger partial charge < -0.3 is 14.2 Å². The molecule has 0 radical (unpaired) electrons. The zero-order valence-corrected chi connectivity index (χ0v) is 17.0. The average molecular weight is 422 g/mol. The molecule has 0 saturated carbocycles. The van der Waals surface area contributed by atoms with Crippen molar-refractivity contribution in [2.75, 3.05) is 0 Å². The predicted octanol–water partition coefficient (Wildman–Crippen LogP) is 2.95. The molecule has 3 unspecified atom stereocenters. The van der Waals surface area contributed by atoms with Crippen LogP contribution >= 0.6 is 0 Å². The summed E-state index contributed by atoms with van der Waals surface area (Å²) in [6.45, 7) is 3.84. The smallest absolute Gasteiger partial charge is 0.340 e. The van der Waals surface area contributed by atoms with Crippen LogP contribution in [0, 0.1) is 11.8 Å². The summed E-state index contributed by atoms with van der Waals surface area (Å²) in [5.41, 5.74) is 0.761. The number of aromatic nitrogens is 4. The molecule has 9 heteroatoms. The number of hydrogen-bond acceptors (Lipinski definition) is 8. The average Bonchev–Trinajstić information content (AvgIpc) is 3.34. The number of carbonyl (C=O) groups is 2. The van der Waals surface area contributed by atoms with Crippen molar-refractivity contribution in [2.45, 2.75) is 32.3 Å². The number of aromatic amines is 1. The van der Waals surface area contributed by atoms with Crippen LogP contribution in [0.4, 0.5) is 0 Å². The molecule has 1 aliphatic rings. The first-order valence-corrected chi connectivity index (χ1v) is 9.95. The van der Waals surface area contributed by atoms with Gasteiger partial charge in [-0.3, -0.25) is 0 Å². The predicted molar refractivity (Wildman–Crippen MR) is 108 cm³/mol. The number of rotatable bonds is 5. The molecule has 160 valence electrons. The zero-order valence-electron chi connectivity index (χ0n) is 17.0. The molecule has 2 aromatic carbocycles. The molecule has 0 aliphatic carbocycles. The second-order valence-electron chi connectivity index (χ2n) is 7.42. The molecule has 2 heterocycles. The van der Waals surface area contributed by atoms with E-state index in [9.17, 15) is 9.59 Å². The summed E-state index contributed by atoms with van der Waals surface area (Å²) >= 11 is 0. The van der Waals surface area contributed by atoms with Crippen molar-refractivity contribution >= 4 is 11.9 Å². The van der Waals surface area contributed by atoms with Crippen LogP contribution in [-0.4, -0.2) is 45.0 Å². The van der Waals surface area contributed by atoms with Gasteiger partial charge in [0, 0.05) is 5.92 Å². The van der Waals surface area contributed by atoms with E-state index in [1.807, 2.05) is 19.9 Å². The van der Waals surface area contributed by atoms with E-state index in [-0.39, 0.29) is 11.8 Å². The second kappa shape index (κ2) is 9.05. The molecule has 9 nitrogen and oxygen atoms in total. The summed E-state index contributed by atoms with van der Waals surface area (Å²) in [5.74, 6) is -1.13. The van der Waals surface area contributed by atoms with Gasteiger partial charge in [-0.1, -0.05) is 55.5 Å². The normalized spacial score (nSPS) is 25.5. The van der Waals surface area contributed by atoms with Gasteiger partial charge in [-0.05, 0) is 30.2 Å². The highest BCUT2D eigenvalue weighted by molar-refractivity contribution is 5.90. The number of H-pyrrole nitrogens is 1. The first kappa shape index (κ1) is 20.7. The molecule has 0 amide bonds. The lowest BCUT2D eigenvalue weighted by molar-refractivity contribution is -0.252. The first-order chi connectivity index (χ1) is 15.0. The van der Waals surface area contributed by atoms with E-state index in [1.165, 1.54) is 0 Å². The van der Waals surface area contributed by atoms with E-state index < -0.39 is 30.4 Å². The largest absolute Gasteiger partial charge is 0.452 e. The van der Waals surface area contributed by atoms with Gasteiger partial charge in [0.2, 0.25) is 12.1 Å². The standard InChI is InChI=1S/C22H22N4O5/c1-13-14(2)18(29-20(27)15-9-5-3-6-10-15)22(30-17(13)19-23-25-26-24-19)31-21(28)16-11-7-4-8-12-16/h3-14,17-18,22H,1-2H3,(H,23,24,25,26)/t13-,14-,17?,18?,22?/m0/s1. The minimum Gasteiger partial charge on any atom is -0.452 e. The molecule has 4 rings (SSSR count). The van der Waals surface area contributed by atoms with Crippen LogP contribution in [0.2, 0.25) is 0 Å². The molecule has 0 spiro atoms. The molecule has 1 aromatic heterocycles. The van der Waals surface area contributed by atoms with Crippen molar-refractivity contribution < 1.29 is 23.8 Å². The summed E-state index contributed by atoms with van der Waals surface area (Å²) in [4.78, 5) is 25.4. The van der Waals surface area contributed by atoms with Crippen molar-refractivity contribution in [3.05, 3.63) is 77.6 Å². The number of nitrogens with zero attached hydrogens (tertiary/aromatic N) is 3. The van der Waals surface area contributed by atoms with Crippen molar-refractivity contribution in [2.24, 2.45) is 11.8 Å². The van der Waals surface area contributed by atoms with Crippen LogP contribution in [0.15, 0.2) is 60.7 Å². The number of ether oxygens (including phenoxy) is 3. The van der Waals surface area contributed by atoms with E-state index >= 15 is 0 Å². The molecule has 5 atom stereocenters. The third kappa shape index (κ3) is 4.46. The van der Waals surface area contributed by atoms with Gasteiger partial charge in [-0.2, -0.15) is 5.21 Å². The van der Waals surface area contributed by atoms with E-state index in [4.69, 9.17) is 14.2 Å².